The van der Waals surface area contributed by atoms with Gasteiger partial charge in [0.25, 0.3) is 5.91 Å². The van der Waals surface area contributed by atoms with E-state index in [1.807, 2.05) is 4.72 Å². The predicted molar refractivity (Wildman–Crippen MR) is 75.4 cm³/mol. The third kappa shape index (κ3) is 5.73. The molecule has 1 atom stereocenters. The second-order valence-corrected chi connectivity index (χ2v) is 5.93. The van der Waals surface area contributed by atoms with Gasteiger partial charge < -0.3 is 10.5 Å². The largest absolute Gasteiger partial charge is 0.481 e. The number of nitrogens with two attached hydrogens (primary N) is 1. The highest BCUT2D eigenvalue weighted by molar-refractivity contribution is 7.89. The van der Waals surface area contributed by atoms with E-state index in [0.717, 1.165) is 11.8 Å². The number of amides is 1. The maximum atomic E-state index is 11.5. The van der Waals surface area contributed by atoms with Gasteiger partial charge >= 0.3 is 0 Å². The van der Waals surface area contributed by atoms with Crippen LogP contribution in [0.1, 0.15) is 5.56 Å². The number of hydrogen-bond acceptors (Lipinski definition) is 5. The molecule has 0 fully saturated rings. The molecular formula is C13H16N2O4S. The van der Waals surface area contributed by atoms with E-state index < -0.39 is 22.0 Å². The SMILES string of the molecule is C#CCOc1ccc(CC(N)C(=O)NS(C)(=O)=O)cc1. The van der Waals surface area contributed by atoms with Crippen molar-refractivity contribution >= 4 is 15.9 Å². The van der Waals surface area contributed by atoms with Crippen LogP contribution in [0.25, 0.3) is 0 Å². The molecule has 0 spiro atoms. The normalized spacial score (nSPS) is 12.2. The summed E-state index contributed by atoms with van der Waals surface area (Å²) in [4.78, 5) is 11.5. The molecule has 0 heterocycles. The Morgan fingerprint density at radius 2 is 2.05 bits per heavy atom. The van der Waals surface area contributed by atoms with Gasteiger partial charge in [0.15, 0.2) is 0 Å². The number of nitrogens with one attached hydrogen (secondary N) is 1. The van der Waals surface area contributed by atoms with Crippen LogP contribution in [0.4, 0.5) is 0 Å². The summed E-state index contributed by atoms with van der Waals surface area (Å²) in [5, 5.41) is 0. The van der Waals surface area contributed by atoms with Gasteiger partial charge in [0.1, 0.15) is 12.4 Å². The smallest absolute Gasteiger partial charge is 0.250 e. The van der Waals surface area contributed by atoms with Crippen LogP contribution < -0.4 is 15.2 Å². The number of hydrogen-bond donors (Lipinski definition) is 2. The van der Waals surface area contributed by atoms with Crippen molar-refractivity contribution in [3.63, 3.8) is 0 Å². The number of benzene rings is 1. The zero-order valence-electron chi connectivity index (χ0n) is 11.0. The number of sulfonamides is 1. The van der Waals surface area contributed by atoms with E-state index in [-0.39, 0.29) is 13.0 Å². The summed E-state index contributed by atoms with van der Waals surface area (Å²) in [5.41, 5.74) is 6.43. The minimum Gasteiger partial charge on any atom is -0.481 e. The molecule has 1 aromatic rings. The fourth-order valence-corrected chi connectivity index (χ4v) is 1.97. The number of rotatable bonds is 6. The van der Waals surface area contributed by atoms with Crippen molar-refractivity contribution < 1.29 is 17.9 Å². The quantitative estimate of drug-likeness (QED) is 0.699. The highest BCUT2D eigenvalue weighted by atomic mass is 32.2. The fraction of sp³-hybridized carbons (Fsp3) is 0.308. The molecule has 0 radical (unpaired) electrons. The lowest BCUT2D eigenvalue weighted by Crippen LogP contribution is -2.44. The summed E-state index contributed by atoms with van der Waals surface area (Å²) in [6.07, 6.45) is 6.19. The van der Waals surface area contributed by atoms with Crippen LogP contribution in [0.2, 0.25) is 0 Å². The molecule has 7 heteroatoms. The van der Waals surface area contributed by atoms with E-state index in [2.05, 4.69) is 5.92 Å². The first kappa shape index (κ1) is 16.0. The first-order valence-corrected chi connectivity index (χ1v) is 7.63. The molecule has 1 rings (SSSR count). The first-order chi connectivity index (χ1) is 9.31. The van der Waals surface area contributed by atoms with Gasteiger partial charge in [-0.3, -0.25) is 9.52 Å². The maximum absolute atomic E-state index is 11.5. The van der Waals surface area contributed by atoms with Gasteiger partial charge in [0, 0.05) is 0 Å². The lowest BCUT2D eigenvalue weighted by Gasteiger charge is -2.11. The number of terminal acetylenes is 1. The van der Waals surface area contributed by atoms with Gasteiger partial charge in [-0.2, -0.15) is 0 Å². The summed E-state index contributed by atoms with van der Waals surface area (Å²) in [6, 6.07) is 5.93. The zero-order valence-corrected chi connectivity index (χ0v) is 11.8. The summed E-state index contributed by atoms with van der Waals surface area (Å²) in [7, 11) is -3.60. The molecule has 0 aliphatic carbocycles. The van der Waals surface area contributed by atoms with E-state index >= 15 is 0 Å². The topological polar surface area (TPSA) is 98.5 Å². The summed E-state index contributed by atoms with van der Waals surface area (Å²) in [5.74, 6) is 2.22. The Labute approximate surface area is 118 Å². The van der Waals surface area contributed by atoms with E-state index in [4.69, 9.17) is 16.9 Å². The van der Waals surface area contributed by atoms with E-state index in [0.29, 0.717) is 5.75 Å². The molecule has 0 saturated carbocycles. The Bertz CT molecular complexity index is 602. The summed E-state index contributed by atoms with van der Waals surface area (Å²) >= 11 is 0. The molecular weight excluding hydrogens is 280 g/mol. The minimum absolute atomic E-state index is 0.176. The zero-order chi connectivity index (χ0) is 15.2. The summed E-state index contributed by atoms with van der Waals surface area (Å²) < 4.78 is 28.9. The minimum atomic E-state index is -3.60. The van der Waals surface area contributed by atoms with E-state index in [1.165, 1.54) is 0 Å². The van der Waals surface area contributed by atoms with Gasteiger partial charge in [-0.15, -0.1) is 6.42 Å². The van der Waals surface area contributed by atoms with Crippen molar-refractivity contribution in [2.45, 2.75) is 12.5 Å². The molecule has 20 heavy (non-hydrogen) atoms. The van der Waals surface area contributed by atoms with Crippen molar-refractivity contribution in [3.8, 4) is 18.1 Å². The van der Waals surface area contributed by atoms with Crippen molar-refractivity contribution in [3.05, 3.63) is 29.8 Å². The van der Waals surface area contributed by atoms with Crippen LogP contribution in [0.5, 0.6) is 5.75 Å². The van der Waals surface area contributed by atoms with Crippen LogP contribution in [-0.4, -0.2) is 33.2 Å². The van der Waals surface area contributed by atoms with Gasteiger partial charge in [0.2, 0.25) is 10.0 Å². The monoisotopic (exact) mass is 296 g/mol. The van der Waals surface area contributed by atoms with Crippen molar-refractivity contribution in [2.75, 3.05) is 12.9 Å². The van der Waals surface area contributed by atoms with Gasteiger partial charge in [-0.05, 0) is 24.1 Å². The van der Waals surface area contributed by atoms with Gasteiger partial charge in [0.05, 0.1) is 12.3 Å². The Kier molecular flexibility index (Phi) is 5.55. The molecule has 3 N–H and O–H groups in total. The summed E-state index contributed by atoms with van der Waals surface area (Å²) in [6.45, 7) is 0.176. The fourth-order valence-electron chi connectivity index (χ4n) is 1.45. The second-order valence-electron chi connectivity index (χ2n) is 4.19. The molecule has 0 aliphatic rings. The molecule has 1 unspecified atom stereocenters. The van der Waals surface area contributed by atoms with Gasteiger partial charge in [-0.25, -0.2) is 8.42 Å². The first-order valence-electron chi connectivity index (χ1n) is 5.74. The molecule has 1 aromatic carbocycles. The van der Waals surface area contributed by atoms with Crippen LogP contribution in [0.3, 0.4) is 0 Å². The number of carbonyl (C=O) groups is 1. The van der Waals surface area contributed by atoms with Crippen LogP contribution in [0, 0.1) is 12.3 Å². The predicted octanol–water partition coefficient (Wildman–Crippen LogP) is -0.356. The second kappa shape index (κ2) is 6.93. The standard InChI is InChI=1S/C13H16N2O4S/c1-3-8-19-11-6-4-10(5-7-11)9-12(14)13(16)15-20(2,17)18/h1,4-7,12H,8-9,14H2,2H3,(H,15,16). The third-order valence-corrected chi connectivity index (χ3v) is 2.90. The molecule has 1 amide bonds. The molecule has 0 aliphatic heterocycles. The Hall–Kier alpha value is -2.04. The number of carbonyl (C=O) groups excluding carboxylic acids is 1. The Morgan fingerprint density at radius 1 is 1.45 bits per heavy atom. The van der Waals surface area contributed by atoms with Crippen LogP contribution in [0.15, 0.2) is 24.3 Å². The number of ether oxygens (including phenoxy) is 1. The van der Waals surface area contributed by atoms with Crippen molar-refractivity contribution in [2.24, 2.45) is 5.73 Å². The third-order valence-electron chi connectivity index (χ3n) is 2.32. The Morgan fingerprint density at radius 3 is 2.55 bits per heavy atom. The Balaban J connectivity index is 2.60. The van der Waals surface area contributed by atoms with E-state index in [9.17, 15) is 13.2 Å². The maximum Gasteiger partial charge on any atom is 0.250 e. The average molecular weight is 296 g/mol. The average Bonchev–Trinajstić information content (AvgIpc) is 2.36. The molecule has 0 bridgehead atoms. The van der Waals surface area contributed by atoms with Gasteiger partial charge in [-0.1, -0.05) is 18.1 Å². The van der Waals surface area contributed by atoms with Crippen molar-refractivity contribution in [1.82, 2.24) is 4.72 Å². The van der Waals surface area contributed by atoms with Crippen LogP contribution in [-0.2, 0) is 21.2 Å². The molecule has 108 valence electrons. The van der Waals surface area contributed by atoms with Crippen molar-refractivity contribution in [1.29, 1.82) is 0 Å². The highest BCUT2D eigenvalue weighted by Gasteiger charge is 2.17. The molecule has 0 aromatic heterocycles. The molecule has 6 nitrogen and oxygen atoms in total. The van der Waals surface area contributed by atoms with E-state index in [1.54, 1.807) is 24.3 Å². The lowest BCUT2D eigenvalue weighted by molar-refractivity contribution is -0.120. The van der Waals surface area contributed by atoms with Crippen LogP contribution >= 0.6 is 0 Å². The lowest BCUT2D eigenvalue weighted by atomic mass is 10.1. The molecule has 0 saturated heterocycles. The highest BCUT2D eigenvalue weighted by Crippen LogP contribution is 2.13.